The third-order valence-corrected chi connectivity index (χ3v) is 3.80. The van der Waals surface area contributed by atoms with E-state index in [0.29, 0.717) is 17.9 Å². The van der Waals surface area contributed by atoms with Crippen LogP contribution < -0.4 is 15.5 Å². The fourth-order valence-electron chi connectivity index (χ4n) is 2.36. The number of halogens is 1. The second-order valence-electron chi connectivity index (χ2n) is 6.01. The van der Waals surface area contributed by atoms with Gasteiger partial charge in [0.25, 0.3) is 0 Å². The largest absolute Gasteiger partial charge is 0.489 e. The van der Waals surface area contributed by atoms with Crippen LogP contribution >= 0.6 is 0 Å². The molecule has 0 atom stereocenters. The van der Waals surface area contributed by atoms with Crippen molar-refractivity contribution in [1.29, 1.82) is 0 Å². The second-order valence-corrected chi connectivity index (χ2v) is 6.01. The Bertz CT molecular complexity index is 1010. The van der Waals surface area contributed by atoms with Gasteiger partial charge >= 0.3 is 11.8 Å². The first kappa shape index (κ1) is 19.8. The van der Waals surface area contributed by atoms with Gasteiger partial charge in [-0.1, -0.05) is 36.4 Å². The number of carbonyl (C=O) groups excluding carboxylic acids is 2. The molecule has 7 heteroatoms. The van der Waals surface area contributed by atoms with E-state index in [1.54, 1.807) is 24.3 Å². The zero-order chi connectivity index (χ0) is 20.5. The molecule has 0 aliphatic heterocycles. The normalized spacial score (nSPS) is 10.5. The van der Waals surface area contributed by atoms with Gasteiger partial charge in [-0.3, -0.25) is 9.59 Å². The van der Waals surface area contributed by atoms with E-state index in [4.69, 9.17) is 4.74 Å². The Kier molecular flexibility index (Phi) is 6.67. The number of ether oxygens (including phenoxy) is 1. The van der Waals surface area contributed by atoms with E-state index >= 15 is 0 Å². The number of benzene rings is 3. The quantitative estimate of drug-likeness (QED) is 0.383. The molecular formula is C22H18FN3O3. The minimum Gasteiger partial charge on any atom is -0.489 e. The molecule has 29 heavy (non-hydrogen) atoms. The van der Waals surface area contributed by atoms with Crippen molar-refractivity contribution in [3.8, 4) is 5.75 Å². The van der Waals surface area contributed by atoms with Crippen LogP contribution in [-0.4, -0.2) is 18.0 Å². The molecular weight excluding hydrogens is 373 g/mol. The first-order valence-electron chi connectivity index (χ1n) is 8.77. The highest BCUT2D eigenvalue weighted by Crippen LogP contribution is 2.13. The molecule has 0 aliphatic carbocycles. The maximum absolute atomic E-state index is 13.1. The minimum absolute atomic E-state index is 0.181. The summed E-state index contributed by atoms with van der Waals surface area (Å²) in [6.45, 7) is 0.463. The van der Waals surface area contributed by atoms with Crippen LogP contribution in [-0.2, 0) is 16.2 Å². The summed E-state index contributed by atoms with van der Waals surface area (Å²) in [4.78, 5) is 23.5. The Balaban J connectivity index is 1.47. The Morgan fingerprint density at radius 2 is 1.69 bits per heavy atom. The number of nitrogens with one attached hydrogen (secondary N) is 2. The van der Waals surface area contributed by atoms with Crippen LogP contribution in [0.5, 0.6) is 5.75 Å². The van der Waals surface area contributed by atoms with Crippen molar-refractivity contribution in [2.24, 2.45) is 5.10 Å². The molecule has 0 radical (unpaired) electrons. The number of amides is 2. The maximum atomic E-state index is 13.1. The van der Waals surface area contributed by atoms with Crippen LogP contribution in [0.2, 0.25) is 0 Å². The van der Waals surface area contributed by atoms with Crippen LogP contribution in [0.4, 0.5) is 10.1 Å². The summed E-state index contributed by atoms with van der Waals surface area (Å²) < 4.78 is 18.8. The number of hydrogen-bond donors (Lipinski definition) is 2. The Hall–Kier alpha value is -4.00. The number of rotatable bonds is 6. The molecule has 0 fully saturated rings. The third kappa shape index (κ3) is 6.28. The summed E-state index contributed by atoms with van der Waals surface area (Å²) in [5, 5.41) is 6.03. The SMILES string of the molecule is O=C(N/N=C/c1ccc(OCc2ccccc2)cc1)C(=O)Nc1cccc(F)c1. The number of anilines is 1. The van der Waals surface area contributed by atoms with Gasteiger partial charge in [0.1, 0.15) is 18.2 Å². The topological polar surface area (TPSA) is 79.8 Å². The molecule has 0 spiro atoms. The van der Waals surface area contributed by atoms with Crippen molar-refractivity contribution in [2.45, 2.75) is 6.61 Å². The molecule has 0 unspecified atom stereocenters. The highest BCUT2D eigenvalue weighted by Gasteiger charge is 2.12. The molecule has 2 N–H and O–H groups in total. The van der Waals surface area contributed by atoms with Gasteiger partial charge in [0.2, 0.25) is 0 Å². The van der Waals surface area contributed by atoms with Crippen molar-refractivity contribution in [3.63, 3.8) is 0 Å². The fourth-order valence-corrected chi connectivity index (χ4v) is 2.36. The van der Waals surface area contributed by atoms with E-state index in [1.807, 2.05) is 30.3 Å². The molecule has 0 saturated carbocycles. The first-order chi connectivity index (χ1) is 14.1. The fraction of sp³-hybridized carbons (Fsp3) is 0.0455. The van der Waals surface area contributed by atoms with Crippen molar-refractivity contribution in [1.82, 2.24) is 5.43 Å². The third-order valence-electron chi connectivity index (χ3n) is 3.80. The van der Waals surface area contributed by atoms with Gasteiger partial charge in [0, 0.05) is 5.69 Å². The summed E-state index contributed by atoms with van der Waals surface area (Å²) >= 11 is 0. The molecule has 0 heterocycles. The molecule has 3 aromatic rings. The van der Waals surface area contributed by atoms with Gasteiger partial charge in [0.15, 0.2) is 0 Å². The lowest BCUT2D eigenvalue weighted by Gasteiger charge is -2.06. The molecule has 2 amide bonds. The summed E-state index contributed by atoms with van der Waals surface area (Å²) in [6.07, 6.45) is 1.40. The molecule has 6 nitrogen and oxygen atoms in total. The molecule has 3 aromatic carbocycles. The van der Waals surface area contributed by atoms with Gasteiger partial charge in [-0.05, 0) is 53.6 Å². The number of carbonyl (C=O) groups is 2. The van der Waals surface area contributed by atoms with Crippen LogP contribution in [0.3, 0.4) is 0 Å². The number of nitrogens with zero attached hydrogens (tertiary/aromatic N) is 1. The van der Waals surface area contributed by atoms with E-state index in [0.717, 1.165) is 11.6 Å². The standard InChI is InChI=1S/C22H18FN3O3/c23-18-7-4-8-19(13-18)25-21(27)22(28)26-24-14-16-9-11-20(12-10-16)29-15-17-5-2-1-3-6-17/h1-14H,15H2,(H,25,27)(H,26,28)/b24-14+. The zero-order valence-electron chi connectivity index (χ0n) is 15.3. The van der Waals surface area contributed by atoms with Crippen molar-refractivity contribution in [2.75, 3.05) is 5.32 Å². The summed E-state index contributed by atoms with van der Waals surface area (Å²) in [6, 6.07) is 22.1. The molecule has 0 bridgehead atoms. The van der Waals surface area contributed by atoms with Crippen LogP contribution in [0.25, 0.3) is 0 Å². The Labute approximate surface area is 167 Å². The van der Waals surface area contributed by atoms with Crippen molar-refractivity contribution in [3.05, 3.63) is 95.8 Å². The molecule has 3 rings (SSSR count). The summed E-state index contributed by atoms with van der Waals surface area (Å²) in [7, 11) is 0. The van der Waals surface area contributed by atoms with E-state index in [9.17, 15) is 14.0 Å². The first-order valence-corrected chi connectivity index (χ1v) is 8.77. The van der Waals surface area contributed by atoms with E-state index < -0.39 is 17.6 Å². The van der Waals surface area contributed by atoms with Crippen LogP contribution in [0, 0.1) is 5.82 Å². The molecule has 146 valence electrons. The lowest BCUT2D eigenvalue weighted by Crippen LogP contribution is -2.32. The lowest BCUT2D eigenvalue weighted by atomic mass is 10.2. The minimum atomic E-state index is -0.965. The molecule has 0 aliphatic rings. The van der Waals surface area contributed by atoms with E-state index in [2.05, 4.69) is 15.8 Å². The van der Waals surface area contributed by atoms with E-state index in [1.165, 1.54) is 24.4 Å². The average Bonchev–Trinajstić information content (AvgIpc) is 2.74. The summed E-state index contributed by atoms with van der Waals surface area (Å²) in [5.74, 6) is -1.73. The predicted octanol–water partition coefficient (Wildman–Crippen LogP) is 3.49. The van der Waals surface area contributed by atoms with Gasteiger partial charge in [-0.15, -0.1) is 0 Å². The monoisotopic (exact) mass is 391 g/mol. The highest BCUT2D eigenvalue weighted by atomic mass is 19.1. The second kappa shape index (κ2) is 9.80. The Morgan fingerprint density at radius 3 is 2.41 bits per heavy atom. The number of hydrogen-bond acceptors (Lipinski definition) is 4. The van der Waals surface area contributed by atoms with Crippen molar-refractivity contribution < 1.29 is 18.7 Å². The molecule has 0 aromatic heterocycles. The van der Waals surface area contributed by atoms with E-state index in [-0.39, 0.29) is 5.69 Å². The molecule has 0 saturated heterocycles. The maximum Gasteiger partial charge on any atom is 0.329 e. The van der Waals surface area contributed by atoms with Crippen LogP contribution in [0.1, 0.15) is 11.1 Å². The van der Waals surface area contributed by atoms with Gasteiger partial charge < -0.3 is 10.1 Å². The van der Waals surface area contributed by atoms with Gasteiger partial charge in [0.05, 0.1) is 6.21 Å². The predicted molar refractivity (Wildman–Crippen MR) is 108 cm³/mol. The van der Waals surface area contributed by atoms with Gasteiger partial charge in [-0.2, -0.15) is 5.10 Å². The smallest absolute Gasteiger partial charge is 0.329 e. The Morgan fingerprint density at radius 1 is 0.931 bits per heavy atom. The van der Waals surface area contributed by atoms with Crippen LogP contribution in [0.15, 0.2) is 84.0 Å². The van der Waals surface area contributed by atoms with Crippen molar-refractivity contribution >= 4 is 23.7 Å². The summed E-state index contributed by atoms with van der Waals surface area (Å²) in [5.41, 5.74) is 4.08. The highest BCUT2D eigenvalue weighted by molar-refractivity contribution is 6.39. The number of hydrazone groups is 1. The lowest BCUT2D eigenvalue weighted by molar-refractivity contribution is -0.136. The average molecular weight is 391 g/mol. The van der Waals surface area contributed by atoms with Gasteiger partial charge in [-0.25, -0.2) is 9.82 Å². The zero-order valence-corrected chi connectivity index (χ0v) is 15.3.